The van der Waals surface area contributed by atoms with Gasteiger partial charge >= 0.3 is 6.09 Å². The first-order valence-corrected chi connectivity index (χ1v) is 16.6. The van der Waals surface area contributed by atoms with E-state index in [-0.39, 0.29) is 23.6 Å². The van der Waals surface area contributed by atoms with E-state index in [1.807, 2.05) is 17.0 Å². The molecule has 5 rings (SSSR count). The minimum absolute atomic E-state index is 0.0305. The van der Waals surface area contributed by atoms with Gasteiger partial charge in [-0.15, -0.1) is 0 Å². The Hall–Kier alpha value is -4.36. The number of rotatable bonds is 8. The quantitative estimate of drug-likeness (QED) is 0.230. The first kappa shape index (κ1) is 35.9. The molecule has 49 heavy (non-hydrogen) atoms. The molecule has 262 valence electrons. The predicted octanol–water partition coefficient (Wildman–Crippen LogP) is 7.07. The summed E-state index contributed by atoms with van der Waals surface area (Å²) in [7, 11) is 0. The number of amides is 3. The van der Waals surface area contributed by atoms with Crippen LogP contribution in [-0.2, 0) is 16.1 Å². The van der Waals surface area contributed by atoms with Crippen molar-refractivity contribution in [3.63, 3.8) is 0 Å². The topological polar surface area (TPSA) is 116 Å². The zero-order chi connectivity index (χ0) is 35.3. The van der Waals surface area contributed by atoms with Gasteiger partial charge in [0.1, 0.15) is 34.4 Å². The van der Waals surface area contributed by atoms with Crippen LogP contribution in [0, 0.1) is 23.4 Å². The normalized spacial score (nSPS) is 16.3. The molecule has 2 aliphatic heterocycles. The van der Waals surface area contributed by atoms with Crippen molar-refractivity contribution in [2.75, 3.05) is 42.1 Å². The summed E-state index contributed by atoms with van der Waals surface area (Å²) in [5.74, 6) is -4.33. The van der Waals surface area contributed by atoms with Gasteiger partial charge in [0.05, 0.1) is 11.4 Å². The van der Waals surface area contributed by atoms with Gasteiger partial charge in [0.15, 0.2) is 0 Å². The number of nitrogens with zero attached hydrogens (tertiary/aromatic N) is 3. The second-order valence-corrected chi connectivity index (χ2v) is 13.8. The third-order valence-electron chi connectivity index (χ3n) is 8.43. The van der Waals surface area contributed by atoms with Crippen LogP contribution in [-0.4, -0.2) is 70.5 Å². The summed E-state index contributed by atoms with van der Waals surface area (Å²) >= 11 is 6.15. The van der Waals surface area contributed by atoms with Gasteiger partial charge in [-0.3, -0.25) is 19.8 Å². The summed E-state index contributed by atoms with van der Waals surface area (Å²) in [6.07, 6.45) is 3.89. The van der Waals surface area contributed by atoms with Crippen molar-refractivity contribution in [2.24, 2.45) is 5.92 Å². The fourth-order valence-corrected chi connectivity index (χ4v) is 6.23. The van der Waals surface area contributed by atoms with Gasteiger partial charge in [-0.2, -0.15) is 0 Å². The lowest BCUT2D eigenvalue weighted by Gasteiger charge is -2.37. The third-order valence-corrected chi connectivity index (χ3v) is 8.66. The number of likely N-dealkylation sites (tertiary alicyclic amines) is 2. The van der Waals surface area contributed by atoms with E-state index in [1.54, 1.807) is 39.1 Å². The lowest BCUT2D eigenvalue weighted by molar-refractivity contribution is -0.138. The molecule has 2 fully saturated rings. The van der Waals surface area contributed by atoms with Gasteiger partial charge in [-0.25, -0.2) is 22.9 Å². The van der Waals surface area contributed by atoms with Crippen molar-refractivity contribution in [3.05, 3.63) is 82.3 Å². The second kappa shape index (κ2) is 15.5. The second-order valence-electron chi connectivity index (χ2n) is 13.4. The number of nitrogens with one attached hydrogen (secondary N) is 3. The molecule has 3 aromatic rings. The van der Waals surface area contributed by atoms with Gasteiger partial charge in [-0.05, 0) is 95.4 Å². The number of hydrogen-bond donors (Lipinski definition) is 3. The van der Waals surface area contributed by atoms with Crippen molar-refractivity contribution in [3.8, 4) is 0 Å². The average molecular weight is 701 g/mol. The number of hydrogen-bond acceptors (Lipinski definition) is 7. The first-order valence-electron chi connectivity index (χ1n) is 16.2. The van der Waals surface area contributed by atoms with E-state index in [0.29, 0.717) is 61.1 Å². The highest BCUT2D eigenvalue weighted by molar-refractivity contribution is 6.31. The monoisotopic (exact) mass is 700 g/mol. The highest BCUT2D eigenvalue weighted by Crippen LogP contribution is 2.30. The number of anilines is 3. The van der Waals surface area contributed by atoms with Crippen LogP contribution >= 0.6 is 11.6 Å². The van der Waals surface area contributed by atoms with Crippen LogP contribution in [0.5, 0.6) is 0 Å². The Morgan fingerprint density at radius 2 is 1.57 bits per heavy atom. The van der Waals surface area contributed by atoms with E-state index in [0.717, 1.165) is 31.5 Å². The number of ether oxygens (including phenoxy) is 1. The van der Waals surface area contributed by atoms with Crippen molar-refractivity contribution in [1.82, 2.24) is 14.8 Å². The largest absolute Gasteiger partial charge is 0.444 e. The molecule has 0 atom stereocenters. The van der Waals surface area contributed by atoms with Crippen molar-refractivity contribution < 1.29 is 32.3 Å². The molecule has 2 saturated heterocycles. The van der Waals surface area contributed by atoms with Crippen LogP contribution in [0.4, 0.5) is 35.2 Å². The van der Waals surface area contributed by atoms with Gasteiger partial charge in [0.2, 0.25) is 5.91 Å². The first-order chi connectivity index (χ1) is 23.2. The summed E-state index contributed by atoms with van der Waals surface area (Å²) in [5.41, 5.74) is 0.204. The lowest BCUT2D eigenvalue weighted by Crippen LogP contribution is -2.47. The van der Waals surface area contributed by atoms with E-state index < -0.39 is 40.6 Å². The highest BCUT2D eigenvalue weighted by atomic mass is 35.5. The SMILES string of the molecule is CC(C)(C)OC(=O)Nc1cc(CN2CCC(C(=O)N3CCC(Nc4ccc(Cl)cc4NC(=O)c4c(F)cc(F)cc4F)CC3)CC2)ccn1. The molecular formula is C35H40ClF3N6O4. The molecule has 0 spiro atoms. The highest BCUT2D eigenvalue weighted by Gasteiger charge is 2.31. The lowest BCUT2D eigenvalue weighted by atomic mass is 9.93. The number of benzene rings is 2. The summed E-state index contributed by atoms with van der Waals surface area (Å²) in [5, 5.41) is 8.82. The van der Waals surface area contributed by atoms with Gasteiger partial charge in [-0.1, -0.05) is 11.6 Å². The van der Waals surface area contributed by atoms with Crippen LogP contribution in [0.3, 0.4) is 0 Å². The summed E-state index contributed by atoms with van der Waals surface area (Å²) in [6, 6.07) is 9.33. The molecule has 0 radical (unpaired) electrons. The number of carbonyl (C=O) groups excluding carboxylic acids is 3. The predicted molar refractivity (Wildman–Crippen MR) is 181 cm³/mol. The number of piperidine rings is 2. The molecule has 0 aliphatic carbocycles. The Kier molecular flexibility index (Phi) is 11.3. The van der Waals surface area contributed by atoms with Gasteiger partial charge in [0, 0.05) is 54.9 Å². The molecule has 0 unspecified atom stereocenters. The van der Waals surface area contributed by atoms with Crippen LogP contribution in [0.25, 0.3) is 0 Å². The Morgan fingerprint density at radius 1 is 0.898 bits per heavy atom. The van der Waals surface area contributed by atoms with E-state index in [2.05, 4.69) is 25.8 Å². The van der Waals surface area contributed by atoms with Crippen molar-refractivity contribution in [1.29, 1.82) is 0 Å². The molecule has 3 amide bonds. The summed E-state index contributed by atoms with van der Waals surface area (Å²) in [4.78, 5) is 46.7. The number of halogens is 4. The minimum Gasteiger partial charge on any atom is -0.444 e. The van der Waals surface area contributed by atoms with Crippen molar-refractivity contribution in [2.45, 2.75) is 64.6 Å². The Bertz CT molecular complexity index is 1660. The maximum absolute atomic E-state index is 14.2. The number of aromatic nitrogens is 1. The molecule has 2 aliphatic rings. The third kappa shape index (κ3) is 9.85. The maximum Gasteiger partial charge on any atom is 0.413 e. The Morgan fingerprint density at radius 3 is 2.22 bits per heavy atom. The zero-order valence-corrected chi connectivity index (χ0v) is 28.4. The van der Waals surface area contributed by atoms with Crippen LogP contribution < -0.4 is 16.0 Å². The minimum atomic E-state index is -1.31. The number of pyridine rings is 1. The molecule has 3 heterocycles. The number of carbonyl (C=O) groups is 3. The smallest absolute Gasteiger partial charge is 0.413 e. The fourth-order valence-electron chi connectivity index (χ4n) is 6.06. The molecule has 0 saturated carbocycles. The van der Waals surface area contributed by atoms with E-state index in [1.165, 1.54) is 6.07 Å². The molecule has 3 N–H and O–H groups in total. The van der Waals surface area contributed by atoms with E-state index in [4.69, 9.17) is 16.3 Å². The standard InChI is InChI=1S/C35H40ClF3N6O4/c1-35(2,3)49-34(48)43-30-16-21(6-11-40-30)20-44-12-7-22(8-13-44)33(47)45-14-9-25(10-15-45)41-28-5-4-23(36)17-29(28)42-32(46)31-26(38)18-24(37)19-27(31)39/h4-6,11,16-19,22,25,41H,7-10,12-15,20H2,1-3H3,(H,42,46)(H,40,43,48). The summed E-state index contributed by atoms with van der Waals surface area (Å²) in [6.45, 7) is 8.70. The van der Waals surface area contributed by atoms with Crippen LogP contribution in [0.1, 0.15) is 62.4 Å². The van der Waals surface area contributed by atoms with E-state index >= 15 is 0 Å². The molecule has 2 aromatic carbocycles. The van der Waals surface area contributed by atoms with E-state index in [9.17, 15) is 27.6 Å². The molecule has 0 bridgehead atoms. The Balaban J connectivity index is 1.09. The van der Waals surface area contributed by atoms with Gasteiger partial charge < -0.3 is 20.3 Å². The molecule has 10 nitrogen and oxygen atoms in total. The Labute approximate surface area is 288 Å². The summed E-state index contributed by atoms with van der Waals surface area (Å²) < 4.78 is 47.1. The van der Waals surface area contributed by atoms with Crippen LogP contribution in [0.15, 0.2) is 48.7 Å². The fraction of sp³-hybridized carbons (Fsp3) is 0.429. The average Bonchev–Trinajstić information content (AvgIpc) is 3.01. The van der Waals surface area contributed by atoms with Crippen LogP contribution in [0.2, 0.25) is 5.02 Å². The molecule has 14 heteroatoms. The van der Waals surface area contributed by atoms with Crippen molar-refractivity contribution >= 4 is 46.7 Å². The molecular weight excluding hydrogens is 661 g/mol. The maximum atomic E-state index is 14.2. The van der Waals surface area contributed by atoms with Gasteiger partial charge in [0.25, 0.3) is 5.91 Å². The zero-order valence-electron chi connectivity index (χ0n) is 27.6. The molecule has 1 aromatic heterocycles.